The van der Waals surface area contributed by atoms with E-state index in [1.165, 1.54) is 12.1 Å². The van der Waals surface area contributed by atoms with Crippen LogP contribution in [0.4, 0.5) is 21.7 Å². The number of anilines is 3. The topological polar surface area (TPSA) is 101 Å². The number of halogens is 1. The van der Waals surface area contributed by atoms with Crippen molar-refractivity contribution < 1.29 is 12.8 Å². The van der Waals surface area contributed by atoms with Crippen LogP contribution in [0.3, 0.4) is 0 Å². The van der Waals surface area contributed by atoms with Crippen LogP contribution < -0.4 is 10.7 Å². The Morgan fingerprint density at radius 1 is 1.09 bits per heavy atom. The van der Waals surface area contributed by atoms with Crippen LogP contribution in [0.1, 0.15) is 19.4 Å². The highest BCUT2D eigenvalue weighted by Crippen LogP contribution is 2.28. The van der Waals surface area contributed by atoms with Crippen molar-refractivity contribution in [1.29, 1.82) is 0 Å². The third-order valence-corrected chi connectivity index (χ3v) is 6.91. The molecule has 10 heteroatoms. The minimum absolute atomic E-state index is 0.205. The molecule has 2 heterocycles. The van der Waals surface area contributed by atoms with Crippen molar-refractivity contribution in [2.45, 2.75) is 24.0 Å². The Morgan fingerprint density at radius 2 is 1.84 bits per heavy atom. The maximum atomic E-state index is 13.0. The van der Waals surface area contributed by atoms with Crippen LogP contribution in [0.15, 0.2) is 76.9 Å². The summed E-state index contributed by atoms with van der Waals surface area (Å²) in [6.07, 6.45) is 3.13. The zero-order valence-electron chi connectivity index (χ0n) is 17.4. The lowest BCUT2D eigenvalue weighted by Gasteiger charge is -2.15. The van der Waals surface area contributed by atoms with Gasteiger partial charge in [-0.3, -0.25) is 5.43 Å². The summed E-state index contributed by atoms with van der Waals surface area (Å²) in [7, 11) is -3.50. The number of benzene rings is 2. The molecule has 0 atom stereocenters. The largest absolute Gasteiger partial charge is 0.339 e. The molecule has 0 saturated carbocycles. The van der Waals surface area contributed by atoms with E-state index in [0.717, 1.165) is 5.56 Å². The Bertz CT molecular complexity index is 1380. The molecule has 32 heavy (non-hydrogen) atoms. The molecule has 4 aromatic rings. The van der Waals surface area contributed by atoms with Gasteiger partial charge in [-0.15, -0.1) is 0 Å². The number of para-hydroxylation sites is 1. The fourth-order valence-corrected chi connectivity index (χ4v) is 4.19. The number of aromatic nitrogens is 3. The smallest absolute Gasteiger partial charge is 0.182 e. The molecule has 0 unspecified atom stereocenters. The SMILES string of the molecule is CC(C)S(=O)(=O)c1ccccc1Nc1cc(NN=Cc2ccc(F)cc2)nc2ccnn12. The van der Waals surface area contributed by atoms with Crippen molar-refractivity contribution in [1.82, 2.24) is 14.6 Å². The van der Waals surface area contributed by atoms with Gasteiger partial charge in [0.15, 0.2) is 21.3 Å². The summed E-state index contributed by atoms with van der Waals surface area (Å²) in [4.78, 5) is 4.64. The van der Waals surface area contributed by atoms with E-state index in [1.54, 1.807) is 79.3 Å². The van der Waals surface area contributed by atoms with E-state index in [4.69, 9.17) is 0 Å². The molecular weight excluding hydrogens is 431 g/mol. The minimum Gasteiger partial charge on any atom is -0.339 e. The molecule has 0 aliphatic rings. The van der Waals surface area contributed by atoms with E-state index in [1.807, 2.05) is 0 Å². The molecule has 2 N–H and O–H groups in total. The van der Waals surface area contributed by atoms with Gasteiger partial charge in [-0.1, -0.05) is 24.3 Å². The fraction of sp³-hybridized carbons (Fsp3) is 0.136. The first-order valence-corrected chi connectivity index (χ1v) is 11.4. The predicted octanol–water partition coefficient (Wildman–Crippen LogP) is 4.24. The van der Waals surface area contributed by atoms with E-state index in [2.05, 4.69) is 25.9 Å². The molecule has 0 aliphatic carbocycles. The van der Waals surface area contributed by atoms with Crippen LogP contribution in [0.2, 0.25) is 0 Å². The third-order valence-electron chi connectivity index (χ3n) is 4.70. The fourth-order valence-electron chi connectivity index (χ4n) is 2.99. The summed E-state index contributed by atoms with van der Waals surface area (Å²) in [5.41, 5.74) is 4.54. The molecule has 8 nitrogen and oxygen atoms in total. The number of hydrazone groups is 1. The second-order valence-corrected chi connectivity index (χ2v) is 9.74. The zero-order chi connectivity index (χ0) is 22.7. The van der Waals surface area contributed by atoms with Crippen molar-refractivity contribution in [3.8, 4) is 0 Å². The number of rotatable bonds is 7. The van der Waals surface area contributed by atoms with Crippen molar-refractivity contribution in [2.75, 3.05) is 10.7 Å². The van der Waals surface area contributed by atoms with Gasteiger partial charge in [0.2, 0.25) is 0 Å². The Labute approximate surface area is 184 Å². The van der Waals surface area contributed by atoms with Crippen LogP contribution in [-0.4, -0.2) is 34.5 Å². The zero-order valence-corrected chi connectivity index (χ0v) is 18.2. The predicted molar refractivity (Wildman–Crippen MR) is 123 cm³/mol. The van der Waals surface area contributed by atoms with Gasteiger partial charge in [0.25, 0.3) is 0 Å². The molecule has 0 saturated heterocycles. The van der Waals surface area contributed by atoms with Gasteiger partial charge in [-0.2, -0.15) is 14.7 Å². The van der Waals surface area contributed by atoms with E-state index >= 15 is 0 Å². The highest BCUT2D eigenvalue weighted by Gasteiger charge is 2.23. The van der Waals surface area contributed by atoms with Crippen molar-refractivity contribution in [3.63, 3.8) is 0 Å². The molecule has 4 rings (SSSR count). The lowest BCUT2D eigenvalue weighted by atomic mass is 10.2. The third kappa shape index (κ3) is 4.45. The summed E-state index contributed by atoms with van der Waals surface area (Å²) >= 11 is 0. The van der Waals surface area contributed by atoms with Crippen molar-refractivity contribution in [2.24, 2.45) is 5.10 Å². The Kier molecular flexibility index (Phi) is 5.87. The Morgan fingerprint density at radius 3 is 2.59 bits per heavy atom. The van der Waals surface area contributed by atoms with E-state index in [9.17, 15) is 12.8 Å². The monoisotopic (exact) mass is 452 g/mol. The summed E-state index contributed by atoms with van der Waals surface area (Å²) in [6, 6.07) is 16.0. The lowest BCUT2D eigenvalue weighted by Crippen LogP contribution is -2.16. The maximum absolute atomic E-state index is 13.0. The van der Waals surface area contributed by atoms with Gasteiger partial charge < -0.3 is 5.32 Å². The van der Waals surface area contributed by atoms with Gasteiger partial charge >= 0.3 is 0 Å². The van der Waals surface area contributed by atoms with Crippen molar-refractivity contribution >= 4 is 39.0 Å². The number of sulfone groups is 1. The molecular formula is C22H21FN6O2S. The number of nitrogens with one attached hydrogen (secondary N) is 2. The molecule has 0 fully saturated rings. The van der Waals surface area contributed by atoms with Gasteiger partial charge in [0.1, 0.15) is 11.6 Å². The number of nitrogens with zero attached hydrogens (tertiary/aromatic N) is 4. The van der Waals surface area contributed by atoms with E-state index in [-0.39, 0.29) is 10.7 Å². The second-order valence-electron chi connectivity index (χ2n) is 7.26. The number of hydrogen-bond donors (Lipinski definition) is 2. The highest BCUT2D eigenvalue weighted by atomic mass is 32.2. The van der Waals surface area contributed by atoms with Crippen LogP contribution in [0, 0.1) is 5.82 Å². The molecule has 0 bridgehead atoms. The summed E-state index contributed by atoms with van der Waals surface area (Å²) in [6.45, 7) is 3.29. The average molecular weight is 453 g/mol. The average Bonchev–Trinajstić information content (AvgIpc) is 3.24. The first-order valence-electron chi connectivity index (χ1n) is 9.84. The molecule has 0 aliphatic heterocycles. The summed E-state index contributed by atoms with van der Waals surface area (Å²) < 4.78 is 40.2. The normalized spacial score (nSPS) is 12.0. The van der Waals surface area contributed by atoms with Gasteiger partial charge in [-0.25, -0.2) is 17.8 Å². The van der Waals surface area contributed by atoms with Gasteiger partial charge in [0, 0.05) is 12.1 Å². The molecule has 0 amide bonds. The molecule has 164 valence electrons. The molecule has 0 spiro atoms. The number of fused-ring (bicyclic) bond motifs is 1. The molecule has 2 aromatic carbocycles. The van der Waals surface area contributed by atoms with E-state index < -0.39 is 15.1 Å². The summed E-state index contributed by atoms with van der Waals surface area (Å²) in [5, 5.41) is 11.0. The maximum Gasteiger partial charge on any atom is 0.182 e. The highest BCUT2D eigenvalue weighted by molar-refractivity contribution is 7.92. The van der Waals surface area contributed by atoms with E-state index in [0.29, 0.717) is 23.0 Å². The quantitative estimate of drug-likeness (QED) is 0.321. The first-order chi connectivity index (χ1) is 15.3. The lowest BCUT2D eigenvalue weighted by molar-refractivity contribution is 0.587. The second kappa shape index (κ2) is 8.75. The number of hydrogen-bond acceptors (Lipinski definition) is 7. The first kappa shape index (κ1) is 21.4. The molecule has 0 radical (unpaired) electrons. The van der Waals surface area contributed by atoms with Crippen molar-refractivity contribution in [3.05, 3.63) is 78.2 Å². The summed E-state index contributed by atoms with van der Waals surface area (Å²) in [5.74, 6) is 0.604. The van der Waals surface area contributed by atoms with Gasteiger partial charge in [0.05, 0.1) is 28.2 Å². The van der Waals surface area contributed by atoms with Crippen LogP contribution in [-0.2, 0) is 9.84 Å². The Hall–Kier alpha value is -3.79. The minimum atomic E-state index is -3.50. The van der Waals surface area contributed by atoms with Crippen LogP contribution >= 0.6 is 0 Å². The van der Waals surface area contributed by atoms with Gasteiger partial charge in [-0.05, 0) is 43.7 Å². The Balaban J connectivity index is 1.66. The van der Waals surface area contributed by atoms with Crippen LogP contribution in [0.5, 0.6) is 0 Å². The standard InChI is InChI=1S/C22H21FN6O2S/c1-15(2)32(30,31)19-6-4-3-5-18(19)26-22-13-20(27-21-11-12-25-29(21)22)28-24-14-16-7-9-17(23)10-8-16/h3-15,26H,1-2H3,(H,27,28). The van der Waals surface area contributed by atoms with Crippen LogP contribution in [0.25, 0.3) is 5.65 Å². The molecule has 2 aromatic heterocycles.